The maximum absolute atomic E-state index is 12.9. The van der Waals surface area contributed by atoms with Gasteiger partial charge in [-0.15, -0.1) is 0 Å². The lowest BCUT2D eigenvalue weighted by Crippen LogP contribution is -2.50. The predicted octanol–water partition coefficient (Wildman–Crippen LogP) is 1.79. The van der Waals surface area contributed by atoms with E-state index in [1.165, 1.54) is 17.0 Å². The normalized spacial score (nSPS) is 16.2. The monoisotopic (exact) mass is 353 g/mol. The molecule has 0 spiro atoms. The van der Waals surface area contributed by atoms with E-state index in [-0.39, 0.29) is 4.90 Å². The number of amides is 1. The minimum atomic E-state index is -3.96. The van der Waals surface area contributed by atoms with Crippen LogP contribution in [0.15, 0.2) is 35.2 Å². The summed E-state index contributed by atoms with van der Waals surface area (Å²) in [5.41, 5.74) is -0.738. The van der Waals surface area contributed by atoms with E-state index >= 15 is 0 Å². The third kappa shape index (κ3) is 4.35. The molecule has 1 unspecified atom stereocenters. The van der Waals surface area contributed by atoms with E-state index in [2.05, 4.69) is 0 Å². The van der Waals surface area contributed by atoms with E-state index in [1.807, 2.05) is 0 Å². The lowest BCUT2D eigenvalue weighted by atomic mass is 10.1. The van der Waals surface area contributed by atoms with Gasteiger partial charge < -0.3 is 9.64 Å². The third-order valence-electron chi connectivity index (χ3n) is 3.66. The van der Waals surface area contributed by atoms with Crippen LogP contribution in [0.2, 0.25) is 0 Å². The molecule has 0 saturated carbocycles. The molecule has 1 saturated heterocycles. The van der Waals surface area contributed by atoms with E-state index in [1.54, 1.807) is 39.0 Å². The molecule has 0 radical (unpaired) electrons. The smallest absolute Gasteiger partial charge is 0.308 e. The summed E-state index contributed by atoms with van der Waals surface area (Å²) in [5, 5.41) is -1.45. The van der Waals surface area contributed by atoms with Crippen molar-refractivity contribution in [1.82, 2.24) is 4.90 Å². The Morgan fingerprint density at radius 3 is 2.21 bits per heavy atom. The number of rotatable bonds is 5. The summed E-state index contributed by atoms with van der Waals surface area (Å²) >= 11 is 0. The van der Waals surface area contributed by atoms with Crippen molar-refractivity contribution >= 4 is 21.7 Å². The summed E-state index contributed by atoms with van der Waals surface area (Å²) in [7, 11) is -3.96. The zero-order valence-electron chi connectivity index (χ0n) is 14.2. The number of ether oxygens (including phenoxy) is 1. The van der Waals surface area contributed by atoms with Crippen molar-refractivity contribution < 1.29 is 22.7 Å². The fourth-order valence-corrected chi connectivity index (χ4v) is 4.01. The molecule has 0 bridgehead atoms. The lowest BCUT2D eigenvalue weighted by Gasteiger charge is -2.34. The molecule has 1 aromatic carbocycles. The van der Waals surface area contributed by atoms with Crippen LogP contribution in [0, 0.1) is 0 Å². The van der Waals surface area contributed by atoms with Crippen LogP contribution in [0.4, 0.5) is 0 Å². The second-order valence-electron chi connectivity index (χ2n) is 6.82. The Balaban J connectivity index is 2.29. The fourth-order valence-electron chi connectivity index (χ4n) is 2.38. The number of hydrogen-bond donors (Lipinski definition) is 0. The Bertz CT molecular complexity index is 702. The Kier molecular flexibility index (Phi) is 5.32. The highest BCUT2D eigenvalue weighted by molar-refractivity contribution is 7.92. The molecule has 1 atom stereocenters. The molecule has 1 aromatic rings. The predicted molar refractivity (Wildman–Crippen MR) is 89.1 cm³/mol. The first-order valence-corrected chi connectivity index (χ1v) is 9.45. The van der Waals surface area contributed by atoms with Gasteiger partial charge in [0.25, 0.3) is 0 Å². The first-order chi connectivity index (χ1) is 11.1. The van der Waals surface area contributed by atoms with Gasteiger partial charge in [0, 0.05) is 13.1 Å². The Morgan fingerprint density at radius 1 is 1.17 bits per heavy atom. The molecule has 6 nitrogen and oxygen atoms in total. The zero-order chi connectivity index (χ0) is 18.0. The van der Waals surface area contributed by atoms with Gasteiger partial charge >= 0.3 is 5.97 Å². The second kappa shape index (κ2) is 6.93. The first-order valence-electron chi connectivity index (χ1n) is 7.91. The van der Waals surface area contributed by atoms with Gasteiger partial charge in [-0.05, 0) is 39.3 Å². The average Bonchev–Trinajstić information content (AvgIpc) is 2.41. The third-order valence-corrected chi connectivity index (χ3v) is 5.71. The Morgan fingerprint density at radius 2 is 1.75 bits per heavy atom. The number of nitrogens with zero attached hydrogens (tertiary/aromatic N) is 1. The highest BCUT2D eigenvalue weighted by atomic mass is 32.2. The number of carbonyl (C=O) groups is 2. The molecular weight excluding hydrogens is 330 g/mol. The minimum Gasteiger partial charge on any atom is -0.460 e. The van der Waals surface area contributed by atoms with Crippen LogP contribution in [0.25, 0.3) is 0 Å². The first kappa shape index (κ1) is 18.4. The Hall–Kier alpha value is -1.89. The van der Waals surface area contributed by atoms with E-state index in [4.69, 9.17) is 4.74 Å². The van der Waals surface area contributed by atoms with Gasteiger partial charge in [0.1, 0.15) is 5.60 Å². The quantitative estimate of drug-likeness (QED) is 0.754. The Labute approximate surface area is 142 Å². The molecule has 1 aliphatic heterocycles. The van der Waals surface area contributed by atoms with Crippen LogP contribution < -0.4 is 0 Å². The van der Waals surface area contributed by atoms with Crippen LogP contribution in [0.5, 0.6) is 0 Å². The number of benzene rings is 1. The van der Waals surface area contributed by atoms with E-state index in [0.717, 1.165) is 6.42 Å². The van der Waals surface area contributed by atoms with Crippen molar-refractivity contribution in [2.45, 2.75) is 49.4 Å². The summed E-state index contributed by atoms with van der Waals surface area (Å²) in [6, 6.07) is 7.73. The lowest BCUT2D eigenvalue weighted by molar-refractivity contribution is -0.156. The topological polar surface area (TPSA) is 80.8 Å². The summed E-state index contributed by atoms with van der Waals surface area (Å²) in [4.78, 5) is 26.2. The van der Waals surface area contributed by atoms with Crippen molar-refractivity contribution in [3.05, 3.63) is 30.3 Å². The molecule has 7 heteroatoms. The SMILES string of the molecule is CC(C)(C)OC(=O)CC(C(=O)N1CCC1)S(=O)(=O)c1ccccc1. The molecule has 24 heavy (non-hydrogen) atoms. The number of esters is 1. The molecule has 2 rings (SSSR count). The molecule has 0 aliphatic carbocycles. The van der Waals surface area contributed by atoms with E-state index in [9.17, 15) is 18.0 Å². The largest absolute Gasteiger partial charge is 0.460 e. The molecule has 1 fully saturated rings. The van der Waals surface area contributed by atoms with Crippen LogP contribution in [-0.4, -0.2) is 49.1 Å². The summed E-state index contributed by atoms with van der Waals surface area (Å²) in [5.74, 6) is -1.23. The van der Waals surface area contributed by atoms with Crippen LogP contribution in [0.3, 0.4) is 0 Å². The minimum absolute atomic E-state index is 0.0347. The highest BCUT2D eigenvalue weighted by Gasteiger charge is 2.40. The maximum atomic E-state index is 12.9. The van der Waals surface area contributed by atoms with Gasteiger partial charge in [0.05, 0.1) is 11.3 Å². The molecule has 0 N–H and O–H groups in total. The molecule has 1 amide bonds. The maximum Gasteiger partial charge on any atom is 0.308 e. The van der Waals surface area contributed by atoms with Crippen LogP contribution >= 0.6 is 0 Å². The van der Waals surface area contributed by atoms with Crippen molar-refractivity contribution in [1.29, 1.82) is 0 Å². The van der Waals surface area contributed by atoms with Crippen molar-refractivity contribution in [2.24, 2.45) is 0 Å². The molecule has 0 aromatic heterocycles. The second-order valence-corrected chi connectivity index (χ2v) is 8.95. The fraction of sp³-hybridized carbons (Fsp3) is 0.529. The van der Waals surface area contributed by atoms with Gasteiger partial charge in [-0.25, -0.2) is 8.42 Å². The molecule has 132 valence electrons. The standard InChI is InChI=1S/C17H23NO5S/c1-17(2,3)23-15(19)12-14(16(20)18-10-7-11-18)24(21,22)13-8-5-4-6-9-13/h4-6,8-9,14H,7,10-12H2,1-3H3. The van der Waals surface area contributed by atoms with Crippen molar-refractivity contribution in [3.63, 3.8) is 0 Å². The average molecular weight is 353 g/mol. The van der Waals surface area contributed by atoms with Crippen LogP contribution in [-0.2, 0) is 24.2 Å². The number of likely N-dealkylation sites (tertiary alicyclic amines) is 1. The van der Waals surface area contributed by atoms with Gasteiger partial charge in [0.2, 0.25) is 5.91 Å². The van der Waals surface area contributed by atoms with Gasteiger partial charge in [-0.3, -0.25) is 9.59 Å². The number of sulfone groups is 1. The van der Waals surface area contributed by atoms with Crippen molar-refractivity contribution in [2.75, 3.05) is 13.1 Å². The zero-order valence-corrected chi connectivity index (χ0v) is 15.0. The van der Waals surface area contributed by atoms with E-state index in [0.29, 0.717) is 13.1 Å². The molecular formula is C17H23NO5S. The number of hydrogen-bond acceptors (Lipinski definition) is 5. The summed E-state index contributed by atoms with van der Waals surface area (Å²) < 4.78 is 30.9. The van der Waals surface area contributed by atoms with Gasteiger partial charge in [-0.2, -0.15) is 0 Å². The van der Waals surface area contributed by atoms with Gasteiger partial charge in [-0.1, -0.05) is 18.2 Å². The summed E-state index contributed by atoms with van der Waals surface area (Å²) in [6.45, 7) is 6.14. The molecule has 1 aliphatic rings. The highest BCUT2D eigenvalue weighted by Crippen LogP contribution is 2.23. The van der Waals surface area contributed by atoms with Crippen LogP contribution in [0.1, 0.15) is 33.6 Å². The summed E-state index contributed by atoms with van der Waals surface area (Å²) in [6.07, 6.45) is 0.361. The number of carbonyl (C=O) groups excluding carboxylic acids is 2. The molecule has 1 heterocycles. The van der Waals surface area contributed by atoms with E-state index < -0.39 is 39.0 Å². The van der Waals surface area contributed by atoms with Gasteiger partial charge in [0.15, 0.2) is 15.1 Å². The van der Waals surface area contributed by atoms with Crippen molar-refractivity contribution in [3.8, 4) is 0 Å².